The molecule has 6 heteroatoms. The van der Waals surface area contributed by atoms with E-state index in [4.69, 9.17) is 21.1 Å². The Labute approximate surface area is 173 Å². The van der Waals surface area contributed by atoms with Crippen LogP contribution in [0.15, 0.2) is 54.6 Å². The number of nitrogens with one attached hydrogen (secondary N) is 1. The number of halogens is 1. The number of anilines is 1. The summed E-state index contributed by atoms with van der Waals surface area (Å²) in [6.07, 6.45) is 1.61. The van der Waals surface area contributed by atoms with Crippen LogP contribution in [0.25, 0.3) is 11.1 Å². The van der Waals surface area contributed by atoms with Crippen LogP contribution in [0, 0.1) is 6.92 Å². The van der Waals surface area contributed by atoms with E-state index in [1.54, 1.807) is 0 Å². The van der Waals surface area contributed by atoms with Crippen LogP contribution in [-0.2, 0) is 10.2 Å². The van der Waals surface area contributed by atoms with E-state index in [1.807, 2.05) is 61.5 Å². The smallest absolute Gasteiger partial charge is 0.236 e. The Morgan fingerprint density at radius 2 is 1.79 bits per heavy atom. The molecule has 0 spiro atoms. The summed E-state index contributed by atoms with van der Waals surface area (Å²) in [4.78, 5) is 17.7. The average Bonchev–Trinajstić information content (AvgIpc) is 3.40. The quantitative estimate of drug-likeness (QED) is 0.654. The standard InChI is InChI=1S/C23H19ClN2O3/c1-14-18(15-2-5-17(24)6-3-15)7-9-21(25-14)26-22(27)23(10-11-23)16-4-8-19-20(12-16)29-13-28-19/h2-9,12H,10-11,13H2,1H3,(H,25,26,27). The lowest BCUT2D eigenvalue weighted by molar-refractivity contribution is -0.118. The first-order valence-electron chi connectivity index (χ1n) is 9.50. The van der Waals surface area contributed by atoms with E-state index in [2.05, 4.69) is 10.3 Å². The Hall–Kier alpha value is -3.05. The molecule has 0 saturated heterocycles. The topological polar surface area (TPSA) is 60.5 Å². The molecule has 2 aromatic carbocycles. The minimum atomic E-state index is -0.522. The van der Waals surface area contributed by atoms with E-state index in [0.717, 1.165) is 41.0 Å². The number of pyridine rings is 1. The number of amides is 1. The molecule has 1 fully saturated rings. The lowest BCUT2D eigenvalue weighted by atomic mass is 9.94. The molecular weight excluding hydrogens is 388 g/mol. The highest BCUT2D eigenvalue weighted by Crippen LogP contribution is 2.51. The van der Waals surface area contributed by atoms with Crippen LogP contribution in [0.4, 0.5) is 5.82 Å². The first kappa shape index (κ1) is 18.0. The first-order chi connectivity index (χ1) is 14.0. The summed E-state index contributed by atoms with van der Waals surface area (Å²) >= 11 is 5.97. The summed E-state index contributed by atoms with van der Waals surface area (Å²) in [5.74, 6) is 1.93. The molecule has 0 atom stereocenters. The van der Waals surface area contributed by atoms with Gasteiger partial charge in [0, 0.05) is 16.3 Å². The third kappa shape index (κ3) is 3.21. The molecule has 1 aliphatic heterocycles. The van der Waals surface area contributed by atoms with Gasteiger partial charge in [-0.25, -0.2) is 4.98 Å². The highest BCUT2D eigenvalue weighted by atomic mass is 35.5. The summed E-state index contributed by atoms with van der Waals surface area (Å²) in [6, 6.07) is 17.2. The van der Waals surface area contributed by atoms with Crippen molar-refractivity contribution in [3.8, 4) is 22.6 Å². The molecule has 3 aromatic rings. The number of nitrogens with zero attached hydrogens (tertiary/aromatic N) is 1. The number of aryl methyl sites for hydroxylation is 1. The van der Waals surface area contributed by atoms with E-state index < -0.39 is 5.41 Å². The summed E-state index contributed by atoms with van der Waals surface area (Å²) in [5, 5.41) is 3.69. The van der Waals surface area contributed by atoms with Gasteiger partial charge in [0.2, 0.25) is 12.7 Å². The Morgan fingerprint density at radius 3 is 2.52 bits per heavy atom. The van der Waals surface area contributed by atoms with Crippen LogP contribution in [0.5, 0.6) is 11.5 Å². The predicted molar refractivity (Wildman–Crippen MR) is 112 cm³/mol. The van der Waals surface area contributed by atoms with Crippen molar-refractivity contribution in [3.63, 3.8) is 0 Å². The molecule has 1 saturated carbocycles. The second kappa shape index (κ2) is 6.78. The second-order valence-corrected chi connectivity index (χ2v) is 7.88. The van der Waals surface area contributed by atoms with Crippen molar-refractivity contribution in [2.75, 3.05) is 12.1 Å². The Bertz CT molecular complexity index is 1110. The van der Waals surface area contributed by atoms with Gasteiger partial charge < -0.3 is 14.8 Å². The van der Waals surface area contributed by atoms with Gasteiger partial charge in [-0.1, -0.05) is 29.8 Å². The molecule has 1 aromatic heterocycles. The third-order valence-electron chi connectivity index (χ3n) is 5.59. The number of fused-ring (bicyclic) bond motifs is 1. The fraction of sp³-hybridized carbons (Fsp3) is 0.217. The summed E-state index contributed by atoms with van der Waals surface area (Å²) in [7, 11) is 0. The van der Waals surface area contributed by atoms with E-state index >= 15 is 0 Å². The number of carbonyl (C=O) groups excluding carboxylic acids is 1. The van der Waals surface area contributed by atoms with Crippen molar-refractivity contribution in [3.05, 3.63) is 70.9 Å². The van der Waals surface area contributed by atoms with Gasteiger partial charge in [0.1, 0.15) is 5.82 Å². The summed E-state index contributed by atoms with van der Waals surface area (Å²) in [5.41, 5.74) is 3.32. The van der Waals surface area contributed by atoms with E-state index in [1.165, 1.54) is 0 Å². The molecule has 0 radical (unpaired) electrons. The molecule has 5 rings (SSSR count). The monoisotopic (exact) mass is 406 g/mol. The predicted octanol–water partition coefficient (Wildman–Crippen LogP) is 5.11. The van der Waals surface area contributed by atoms with Crippen LogP contribution in [0.2, 0.25) is 5.02 Å². The summed E-state index contributed by atoms with van der Waals surface area (Å²) in [6.45, 7) is 2.16. The van der Waals surface area contributed by atoms with Gasteiger partial charge in [-0.3, -0.25) is 4.79 Å². The largest absolute Gasteiger partial charge is 0.454 e. The molecule has 5 nitrogen and oxygen atoms in total. The minimum absolute atomic E-state index is 0.0393. The molecule has 2 aliphatic rings. The van der Waals surface area contributed by atoms with Crippen molar-refractivity contribution in [2.24, 2.45) is 0 Å². The van der Waals surface area contributed by atoms with Crippen molar-refractivity contribution in [2.45, 2.75) is 25.2 Å². The number of hydrogen-bond acceptors (Lipinski definition) is 4. The van der Waals surface area contributed by atoms with Crippen LogP contribution < -0.4 is 14.8 Å². The van der Waals surface area contributed by atoms with Crippen LogP contribution in [-0.4, -0.2) is 17.7 Å². The van der Waals surface area contributed by atoms with Gasteiger partial charge in [0.05, 0.1) is 5.41 Å². The maximum absolute atomic E-state index is 13.1. The number of rotatable bonds is 4. The maximum Gasteiger partial charge on any atom is 0.236 e. The first-order valence-corrected chi connectivity index (χ1v) is 9.88. The van der Waals surface area contributed by atoms with E-state index in [-0.39, 0.29) is 12.7 Å². The Kier molecular flexibility index (Phi) is 4.21. The zero-order valence-electron chi connectivity index (χ0n) is 15.9. The van der Waals surface area contributed by atoms with Crippen LogP contribution >= 0.6 is 11.6 Å². The maximum atomic E-state index is 13.1. The fourth-order valence-corrected chi connectivity index (χ4v) is 3.89. The molecular formula is C23H19ClN2O3. The molecule has 1 amide bonds. The lowest BCUT2D eigenvalue weighted by Gasteiger charge is -2.16. The zero-order chi connectivity index (χ0) is 20.0. The van der Waals surface area contributed by atoms with E-state index in [0.29, 0.717) is 16.6 Å². The highest BCUT2D eigenvalue weighted by molar-refractivity contribution is 6.30. The zero-order valence-corrected chi connectivity index (χ0v) is 16.6. The van der Waals surface area contributed by atoms with Crippen molar-refractivity contribution >= 4 is 23.3 Å². The van der Waals surface area contributed by atoms with Crippen molar-refractivity contribution in [1.82, 2.24) is 4.98 Å². The molecule has 1 N–H and O–H groups in total. The SMILES string of the molecule is Cc1nc(NC(=O)C2(c3ccc4c(c3)OCO4)CC2)ccc1-c1ccc(Cl)cc1. The molecule has 0 unspecified atom stereocenters. The van der Waals surface area contributed by atoms with Gasteiger partial charge in [-0.05, 0) is 67.3 Å². The van der Waals surface area contributed by atoms with Gasteiger partial charge >= 0.3 is 0 Å². The molecule has 146 valence electrons. The van der Waals surface area contributed by atoms with Crippen LogP contribution in [0.3, 0.4) is 0 Å². The number of hydrogen-bond donors (Lipinski definition) is 1. The number of carbonyl (C=O) groups is 1. The van der Waals surface area contributed by atoms with Gasteiger partial charge in [0.25, 0.3) is 0 Å². The third-order valence-corrected chi connectivity index (χ3v) is 5.84. The average molecular weight is 407 g/mol. The molecule has 2 heterocycles. The number of ether oxygens (including phenoxy) is 2. The van der Waals surface area contributed by atoms with Crippen LogP contribution in [0.1, 0.15) is 24.1 Å². The number of aromatic nitrogens is 1. The molecule has 0 bridgehead atoms. The van der Waals surface area contributed by atoms with Crippen molar-refractivity contribution in [1.29, 1.82) is 0 Å². The van der Waals surface area contributed by atoms with Gasteiger partial charge in [-0.2, -0.15) is 0 Å². The fourth-order valence-electron chi connectivity index (χ4n) is 3.77. The van der Waals surface area contributed by atoms with Gasteiger partial charge in [-0.15, -0.1) is 0 Å². The Morgan fingerprint density at radius 1 is 1.03 bits per heavy atom. The highest BCUT2D eigenvalue weighted by Gasteiger charge is 2.51. The van der Waals surface area contributed by atoms with E-state index in [9.17, 15) is 4.79 Å². The molecule has 29 heavy (non-hydrogen) atoms. The molecule has 1 aliphatic carbocycles. The van der Waals surface area contributed by atoms with Crippen molar-refractivity contribution < 1.29 is 14.3 Å². The lowest BCUT2D eigenvalue weighted by Crippen LogP contribution is -2.28. The Balaban J connectivity index is 1.37. The number of benzene rings is 2. The normalized spacial score (nSPS) is 15.8. The second-order valence-electron chi connectivity index (χ2n) is 7.44. The summed E-state index contributed by atoms with van der Waals surface area (Å²) < 4.78 is 10.8. The minimum Gasteiger partial charge on any atom is -0.454 e. The van der Waals surface area contributed by atoms with Gasteiger partial charge in [0.15, 0.2) is 11.5 Å².